The SMILES string of the molecule is COc1cccc(F)c1C1=CC2(C(=O)OC(C)(C)C)CCC1(NC(=O)c1c(C)c(N3CCOCC3)nc3ccc(Br)cc13)CC2. The van der Waals surface area contributed by atoms with Crippen molar-refractivity contribution < 1.29 is 28.2 Å². The number of esters is 1. The van der Waals surface area contributed by atoms with Crippen LogP contribution < -0.4 is 15.0 Å². The van der Waals surface area contributed by atoms with E-state index in [1.165, 1.54) is 13.2 Å². The number of morpholine rings is 1. The summed E-state index contributed by atoms with van der Waals surface area (Å²) in [7, 11) is 1.49. The van der Waals surface area contributed by atoms with Crippen LogP contribution >= 0.6 is 15.9 Å². The number of fused-ring (bicyclic) bond motifs is 3. The van der Waals surface area contributed by atoms with E-state index in [2.05, 4.69) is 26.1 Å². The second kappa shape index (κ2) is 11.7. The van der Waals surface area contributed by atoms with Crippen LogP contribution in [0.2, 0.25) is 0 Å². The van der Waals surface area contributed by atoms with Gasteiger partial charge in [-0.05, 0) is 89.3 Å². The van der Waals surface area contributed by atoms with Gasteiger partial charge in [0, 0.05) is 28.5 Å². The summed E-state index contributed by atoms with van der Waals surface area (Å²) in [6.45, 7) is 9.97. The van der Waals surface area contributed by atoms with Crippen LogP contribution in [0.4, 0.5) is 10.2 Å². The van der Waals surface area contributed by atoms with Crippen LogP contribution in [-0.4, -0.2) is 61.4 Å². The van der Waals surface area contributed by atoms with Crippen molar-refractivity contribution in [3.8, 4) is 5.75 Å². The molecule has 10 heteroatoms. The van der Waals surface area contributed by atoms with Crippen molar-refractivity contribution in [2.75, 3.05) is 38.3 Å². The van der Waals surface area contributed by atoms with Gasteiger partial charge in [-0.15, -0.1) is 0 Å². The predicted octanol–water partition coefficient (Wildman–Crippen LogP) is 6.76. The Morgan fingerprint density at radius 2 is 1.80 bits per heavy atom. The average molecular weight is 681 g/mol. The lowest BCUT2D eigenvalue weighted by Crippen LogP contribution is -2.58. The van der Waals surface area contributed by atoms with Gasteiger partial charge in [-0.3, -0.25) is 9.59 Å². The summed E-state index contributed by atoms with van der Waals surface area (Å²) in [5.41, 5.74) is 0.226. The summed E-state index contributed by atoms with van der Waals surface area (Å²) in [4.78, 5) is 35.4. The number of nitrogens with zero attached hydrogens (tertiary/aromatic N) is 2. The third-order valence-corrected chi connectivity index (χ3v) is 9.75. The van der Waals surface area contributed by atoms with Gasteiger partial charge >= 0.3 is 5.97 Å². The van der Waals surface area contributed by atoms with Crippen LogP contribution in [0.5, 0.6) is 5.75 Å². The first kappa shape index (κ1) is 31.5. The van der Waals surface area contributed by atoms with Crippen LogP contribution in [0.3, 0.4) is 0 Å². The Labute approximate surface area is 271 Å². The van der Waals surface area contributed by atoms with Gasteiger partial charge in [0.15, 0.2) is 0 Å². The van der Waals surface area contributed by atoms with Gasteiger partial charge in [0.25, 0.3) is 5.91 Å². The van der Waals surface area contributed by atoms with Gasteiger partial charge in [0.1, 0.15) is 23.0 Å². The highest BCUT2D eigenvalue weighted by Crippen LogP contribution is 2.56. The summed E-state index contributed by atoms with van der Waals surface area (Å²) in [6.07, 6.45) is 3.63. The predicted molar refractivity (Wildman–Crippen MR) is 175 cm³/mol. The number of hydrogen-bond donors (Lipinski definition) is 1. The second-order valence-corrected chi connectivity index (χ2v) is 14.2. The summed E-state index contributed by atoms with van der Waals surface area (Å²) in [6, 6.07) is 10.4. The molecule has 3 aliphatic carbocycles. The first-order valence-corrected chi connectivity index (χ1v) is 16.2. The molecule has 4 aliphatic rings. The van der Waals surface area contributed by atoms with Crippen molar-refractivity contribution in [2.24, 2.45) is 5.41 Å². The molecular weight excluding hydrogens is 641 g/mol. The van der Waals surface area contributed by atoms with Crippen molar-refractivity contribution in [3.63, 3.8) is 0 Å². The molecule has 1 saturated carbocycles. The summed E-state index contributed by atoms with van der Waals surface area (Å²) < 4.78 is 33.7. The standard InChI is InChI=1S/C35H39BrFN3O5/c1-21-28(23-19-22(36)9-10-26(23)38-30(21)40-15-17-44-18-16-40)31(41)39-35-13-11-34(12-14-35,32(42)45-33(2,3)4)20-24(35)29-25(37)7-6-8-27(29)43-5/h6-10,19-20H,11-18H2,1-5H3,(H,39,41). The minimum Gasteiger partial charge on any atom is -0.496 e. The summed E-state index contributed by atoms with van der Waals surface area (Å²) >= 11 is 3.57. The van der Waals surface area contributed by atoms with Crippen molar-refractivity contribution in [1.29, 1.82) is 0 Å². The van der Waals surface area contributed by atoms with Crippen LogP contribution in [0.25, 0.3) is 16.5 Å². The number of pyridine rings is 1. The molecule has 0 spiro atoms. The zero-order valence-electron chi connectivity index (χ0n) is 26.4. The molecule has 0 unspecified atom stereocenters. The normalized spacial score (nSPS) is 23.1. The fourth-order valence-electron chi connectivity index (χ4n) is 7.01. The molecule has 0 atom stereocenters. The van der Waals surface area contributed by atoms with E-state index in [0.29, 0.717) is 74.4 Å². The van der Waals surface area contributed by atoms with E-state index in [4.69, 9.17) is 19.2 Å². The van der Waals surface area contributed by atoms with E-state index in [1.54, 1.807) is 12.1 Å². The largest absolute Gasteiger partial charge is 0.496 e. The molecule has 7 rings (SSSR count). The van der Waals surface area contributed by atoms with Gasteiger partial charge in [0.05, 0.1) is 47.9 Å². The zero-order valence-corrected chi connectivity index (χ0v) is 28.0. The van der Waals surface area contributed by atoms with E-state index in [-0.39, 0.29) is 17.4 Å². The van der Waals surface area contributed by atoms with Crippen molar-refractivity contribution >= 4 is 50.1 Å². The maximum absolute atomic E-state index is 15.8. The highest BCUT2D eigenvalue weighted by molar-refractivity contribution is 9.10. The Morgan fingerprint density at radius 3 is 2.47 bits per heavy atom. The van der Waals surface area contributed by atoms with E-state index in [9.17, 15) is 9.59 Å². The smallest absolute Gasteiger partial charge is 0.316 e. The molecule has 1 N–H and O–H groups in total. The molecule has 238 valence electrons. The summed E-state index contributed by atoms with van der Waals surface area (Å²) in [5.74, 6) is -0.00615. The maximum atomic E-state index is 15.8. The fraction of sp³-hybridized carbons (Fsp3) is 0.457. The third-order valence-electron chi connectivity index (χ3n) is 9.26. The van der Waals surface area contributed by atoms with Crippen molar-refractivity contribution in [3.05, 3.63) is 69.5 Å². The molecule has 1 aromatic heterocycles. The fourth-order valence-corrected chi connectivity index (χ4v) is 7.37. The van der Waals surface area contributed by atoms with Crippen LogP contribution in [-0.2, 0) is 14.3 Å². The summed E-state index contributed by atoms with van der Waals surface area (Å²) in [5, 5.41) is 4.10. The number of ether oxygens (including phenoxy) is 3. The monoisotopic (exact) mass is 679 g/mol. The third kappa shape index (κ3) is 5.71. The molecule has 2 fully saturated rings. The molecule has 45 heavy (non-hydrogen) atoms. The molecule has 0 radical (unpaired) electrons. The van der Waals surface area contributed by atoms with Gasteiger partial charge < -0.3 is 24.4 Å². The lowest BCUT2D eigenvalue weighted by atomic mass is 9.57. The minimum absolute atomic E-state index is 0.251. The number of rotatable bonds is 6. The zero-order chi connectivity index (χ0) is 32.1. The lowest BCUT2D eigenvalue weighted by Gasteiger charge is -2.52. The first-order chi connectivity index (χ1) is 21.4. The molecule has 1 saturated heterocycles. The number of nitrogens with one attached hydrogen (secondary N) is 1. The Balaban J connectivity index is 1.48. The number of carbonyl (C=O) groups is 2. The number of anilines is 1. The minimum atomic E-state index is -0.941. The quantitative estimate of drug-likeness (QED) is 0.288. The molecule has 2 bridgehead atoms. The van der Waals surface area contributed by atoms with Crippen LogP contribution in [0.1, 0.15) is 67.9 Å². The van der Waals surface area contributed by atoms with Gasteiger partial charge in [-0.25, -0.2) is 9.37 Å². The van der Waals surface area contributed by atoms with E-state index >= 15 is 4.39 Å². The van der Waals surface area contributed by atoms with Gasteiger partial charge in [-0.2, -0.15) is 0 Å². The highest BCUT2D eigenvalue weighted by Gasteiger charge is 2.56. The van der Waals surface area contributed by atoms with Crippen LogP contribution in [0, 0.1) is 18.2 Å². The van der Waals surface area contributed by atoms with E-state index in [1.807, 2.05) is 52.0 Å². The number of hydrogen-bond acceptors (Lipinski definition) is 7. The number of amides is 1. The number of aromatic nitrogens is 1. The molecule has 8 nitrogen and oxygen atoms in total. The molecule has 1 aliphatic heterocycles. The number of halogens is 2. The highest BCUT2D eigenvalue weighted by atomic mass is 79.9. The average Bonchev–Trinajstić information content (AvgIpc) is 3.00. The van der Waals surface area contributed by atoms with Crippen LogP contribution in [0.15, 0.2) is 46.9 Å². The lowest BCUT2D eigenvalue weighted by molar-refractivity contribution is -0.167. The Hall–Kier alpha value is -3.50. The molecular formula is C35H39BrFN3O5. The molecule has 3 aromatic rings. The van der Waals surface area contributed by atoms with E-state index in [0.717, 1.165) is 21.2 Å². The number of benzene rings is 2. The number of carbonyl (C=O) groups excluding carboxylic acids is 2. The second-order valence-electron chi connectivity index (χ2n) is 13.3. The topological polar surface area (TPSA) is 90.0 Å². The Kier molecular flexibility index (Phi) is 8.18. The Morgan fingerprint density at radius 1 is 1.09 bits per heavy atom. The van der Waals surface area contributed by atoms with Crippen molar-refractivity contribution in [1.82, 2.24) is 10.3 Å². The molecule has 1 amide bonds. The van der Waals surface area contributed by atoms with E-state index < -0.39 is 22.4 Å². The van der Waals surface area contributed by atoms with Gasteiger partial charge in [0.2, 0.25) is 0 Å². The van der Waals surface area contributed by atoms with Crippen molar-refractivity contribution in [2.45, 2.75) is 64.5 Å². The molecule has 2 heterocycles. The maximum Gasteiger partial charge on any atom is 0.316 e. The molecule has 2 aromatic carbocycles. The first-order valence-electron chi connectivity index (χ1n) is 15.4. The Bertz CT molecular complexity index is 1700. The van der Waals surface area contributed by atoms with Gasteiger partial charge in [-0.1, -0.05) is 28.1 Å². The number of methoxy groups -OCH3 is 1.